The number of hydrogen-bond donors (Lipinski definition) is 4. The molecule has 0 spiro atoms. The molecule has 0 aliphatic carbocycles. The molecular weight excluding hydrogens is 264 g/mol. The van der Waals surface area contributed by atoms with Crippen molar-refractivity contribution in [3.05, 3.63) is 0 Å². The predicted octanol–water partition coefficient (Wildman–Crippen LogP) is 1.64. The lowest BCUT2D eigenvalue weighted by Gasteiger charge is -2.07. The zero-order valence-corrected chi connectivity index (χ0v) is 11.8. The largest absolute Gasteiger partial charge is 0.481 e. The Morgan fingerprint density at radius 3 is 1.55 bits per heavy atom. The highest BCUT2D eigenvalue weighted by molar-refractivity contribution is 5.92. The van der Waals surface area contributed by atoms with E-state index in [2.05, 4.69) is 0 Å². The van der Waals surface area contributed by atoms with Crippen LogP contribution in [-0.2, 0) is 9.59 Å². The Bertz CT molecular complexity index is 265. The molecule has 4 N–H and O–H groups in total. The number of aliphatic hydroxyl groups excluding tert-OH is 2. The molecule has 0 aliphatic rings. The van der Waals surface area contributed by atoms with Crippen LogP contribution in [0.1, 0.15) is 57.8 Å². The maximum atomic E-state index is 10.6. The number of carboxylic acid groups (broad SMARTS) is 2. The first-order valence-electron chi connectivity index (χ1n) is 7.23. The highest BCUT2D eigenvalue weighted by Crippen LogP contribution is 2.14. The van der Waals surface area contributed by atoms with E-state index in [-0.39, 0.29) is 13.0 Å². The minimum Gasteiger partial charge on any atom is -0.481 e. The summed E-state index contributed by atoms with van der Waals surface area (Å²) in [5.74, 6) is -3.81. The molecule has 6 nitrogen and oxygen atoms in total. The van der Waals surface area contributed by atoms with E-state index in [9.17, 15) is 9.59 Å². The first-order valence-corrected chi connectivity index (χ1v) is 7.23. The Balaban J connectivity index is 3.40. The van der Waals surface area contributed by atoms with E-state index < -0.39 is 24.0 Å². The molecule has 0 radical (unpaired) electrons. The SMILES string of the molecule is O=C(O)C(CCCCCCCCCC(O)CO)C(=O)O. The Kier molecular flexibility index (Phi) is 11.0. The van der Waals surface area contributed by atoms with Crippen LogP contribution in [0.5, 0.6) is 0 Å². The molecule has 0 aromatic heterocycles. The molecule has 0 fully saturated rings. The quantitative estimate of drug-likeness (QED) is 0.303. The van der Waals surface area contributed by atoms with E-state index in [1.807, 2.05) is 0 Å². The van der Waals surface area contributed by atoms with Crippen LogP contribution in [-0.4, -0.2) is 45.1 Å². The normalized spacial score (nSPS) is 12.6. The Morgan fingerprint density at radius 1 is 0.750 bits per heavy atom. The topological polar surface area (TPSA) is 115 Å². The van der Waals surface area contributed by atoms with Crippen LogP contribution in [0.25, 0.3) is 0 Å². The second-order valence-corrected chi connectivity index (χ2v) is 5.12. The van der Waals surface area contributed by atoms with E-state index in [4.69, 9.17) is 20.4 Å². The summed E-state index contributed by atoms with van der Waals surface area (Å²) in [5, 5.41) is 35.1. The highest BCUT2D eigenvalue weighted by Gasteiger charge is 2.24. The third-order valence-corrected chi connectivity index (χ3v) is 3.34. The summed E-state index contributed by atoms with van der Waals surface area (Å²) in [4.78, 5) is 21.3. The number of aliphatic carboxylic acids is 2. The van der Waals surface area contributed by atoms with Crippen molar-refractivity contribution in [3.8, 4) is 0 Å². The predicted molar refractivity (Wildman–Crippen MR) is 73.4 cm³/mol. The van der Waals surface area contributed by atoms with Crippen molar-refractivity contribution in [1.29, 1.82) is 0 Å². The Hall–Kier alpha value is -1.14. The molecule has 1 unspecified atom stereocenters. The van der Waals surface area contributed by atoms with E-state index in [1.54, 1.807) is 0 Å². The van der Waals surface area contributed by atoms with Crippen molar-refractivity contribution in [2.75, 3.05) is 6.61 Å². The van der Waals surface area contributed by atoms with Gasteiger partial charge < -0.3 is 20.4 Å². The number of rotatable bonds is 13. The smallest absolute Gasteiger partial charge is 0.317 e. The van der Waals surface area contributed by atoms with Crippen LogP contribution in [0.4, 0.5) is 0 Å². The Labute approximate surface area is 119 Å². The lowest BCUT2D eigenvalue weighted by molar-refractivity contribution is -0.154. The molecule has 0 saturated heterocycles. The minimum absolute atomic E-state index is 0.186. The van der Waals surface area contributed by atoms with Gasteiger partial charge in [-0.05, 0) is 12.8 Å². The third kappa shape index (κ3) is 9.75. The van der Waals surface area contributed by atoms with Crippen LogP contribution in [0.2, 0.25) is 0 Å². The summed E-state index contributed by atoms with van der Waals surface area (Å²) in [6.07, 6.45) is 6.59. The molecule has 20 heavy (non-hydrogen) atoms. The van der Waals surface area contributed by atoms with E-state index in [0.29, 0.717) is 12.8 Å². The van der Waals surface area contributed by atoms with Gasteiger partial charge in [0.25, 0.3) is 0 Å². The maximum absolute atomic E-state index is 10.6. The number of hydrogen-bond acceptors (Lipinski definition) is 4. The molecule has 1 atom stereocenters. The van der Waals surface area contributed by atoms with Crippen LogP contribution in [0, 0.1) is 5.92 Å². The molecule has 118 valence electrons. The standard InChI is InChI=1S/C14H26O6/c15-10-11(16)8-6-4-2-1-3-5-7-9-12(13(17)18)14(19)20/h11-12,15-16H,1-10H2,(H,17,18)(H,19,20). The fraction of sp³-hybridized carbons (Fsp3) is 0.857. The lowest BCUT2D eigenvalue weighted by Crippen LogP contribution is -2.23. The second-order valence-electron chi connectivity index (χ2n) is 5.12. The summed E-state index contributed by atoms with van der Waals surface area (Å²) in [6.45, 7) is -0.186. The lowest BCUT2D eigenvalue weighted by atomic mass is 10.00. The molecule has 0 heterocycles. The summed E-state index contributed by atoms with van der Waals surface area (Å²) >= 11 is 0. The van der Waals surface area contributed by atoms with Gasteiger partial charge in [0.15, 0.2) is 5.92 Å². The number of unbranched alkanes of at least 4 members (excludes halogenated alkanes) is 6. The summed E-state index contributed by atoms with van der Waals surface area (Å²) in [5.41, 5.74) is 0. The average molecular weight is 290 g/mol. The van der Waals surface area contributed by atoms with Gasteiger partial charge in [-0.3, -0.25) is 9.59 Å². The first kappa shape index (κ1) is 18.9. The average Bonchev–Trinajstić information content (AvgIpc) is 2.39. The van der Waals surface area contributed by atoms with Crippen LogP contribution in [0.15, 0.2) is 0 Å². The number of carboxylic acids is 2. The van der Waals surface area contributed by atoms with E-state index >= 15 is 0 Å². The molecular formula is C14H26O6. The zero-order chi connectivity index (χ0) is 15.4. The zero-order valence-electron chi connectivity index (χ0n) is 11.8. The number of aliphatic hydroxyl groups is 2. The van der Waals surface area contributed by atoms with Crippen molar-refractivity contribution in [3.63, 3.8) is 0 Å². The summed E-state index contributed by atoms with van der Waals surface area (Å²) < 4.78 is 0. The molecule has 0 saturated carbocycles. The van der Waals surface area contributed by atoms with Crippen LogP contribution < -0.4 is 0 Å². The van der Waals surface area contributed by atoms with Gasteiger partial charge in [0.2, 0.25) is 0 Å². The van der Waals surface area contributed by atoms with Crippen molar-refractivity contribution >= 4 is 11.9 Å². The van der Waals surface area contributed by atoms with Gasteiger partial charge in [0.1, 0.15) is 0 Å². The van der Waals surface area contributed by atoms with Gasteiger partial charge in [-0.25, -0.2) is 0 Å². The third-order valence-electron chi connectivity index (χ3n) is 3.34. The second kappa shape index (κ2) is 11.7. The first-order chi connectivity index (χ1) is 9.49. The van der Waals surface area contributed by atoms with E-state index in [1.165, 1.54) is 0 Å². The van der Waals surface area contributed by atoms with Crippen molar-refractivity contribution < 1.29 is 30.0 Å². The highest BCUT2D eigenvalue weighted by atomic mass is 16.4. The van der Waals surface area contributed by atoms with Crippen LogP contribution >= 0.6 is 0 Å². The molecule has 6 heteroatoms. The van der Waals surface area contributed by atoms with Crippen molar-refractivity contribution in [1.82, 2.24) is 0 Å². The van der Waals surface area contributed by atoms with Gasteiger partial charge in [0.05, 0.1) is 12.7 Å². The van der Waals surface area contributed by atoms with Gasteiger partial charge in [-0.15, -0.1) is 0 Å². The minimum atomic E-state index is -1.28. The molecule has 0 rings (SSSR count). The molecule has 0 amide bonds. The molecule has 0 aliphatic heterocycles. The fourth-order valence-electron chi connectivity index (χ4n) is 2.06. The fourth-order valence-corrected chi connectivity index (χ4v) is 2.06. The summed E-state index contributed by atoms with van der Waals surface area (Å²) in [7, 11) is 0. The van der Waals surface area contributed by atoms with E-state index in [0.717, 1.165) is 38.5 Å². The van der Waals surface area contributed by atoms with Crippen molar-refractivity contribution in [2.24, 2.45) is 5.92 Å². The maximum Gasteiger partial charge on any atom is 0.317 e. The number of carbonyl (C=O) groups is 2. The Morgan fingerprint density at radius 2 is 1.15 bits per heavy atom. The van der Waals surface area contributed by atoms with Gasteiger partial charge in [-0.1, -0.05) is 44.9 Å². The van der Waals surface area contributed by atoms with Crippen LogP contribution in [0.3, 0.4) is 0 Å². The van der Waals surface area contributed by atoms with Gasteiger partial charge in [0, 0.05) is 0 Å². The molecule has 0 aromatic carbocycles. The molecule has 0 bridgehead atoms. The monoisotopic (exact) mass is 290 g/mol. The molecule has 0 aromatic rings. The van der Waals surface area contributed by atoms with Crippen molar-refractivity contribution in [2.45, 2.75) is 63.9 Å². The van der Waals surface area contributed by atoms with Gasteiger partial charge >= 0.3 is 11.9 Å². The van der Waals surface area contributed by atoms with Gasteiger partial charge in [-0.2, -0.15) is 0 Å². The summed E-state index contributed by atoms with van der Waals surface area (Å²) in [6, 6.07) is 0.